The van der Waals surface area contributed by atoms with Crippen molar-refractivity contribution >= 4 is 17.5 Å². The van der Waals surface area contributed by atoms with Gasteiger partial charge in [0.1, 0.15) is 17.3 Å². The van der Waals surface area contributed by atoms with Gasteiger partial charge < -0.3 is 14.7 Å². The molecule has 7 nitrogen and oxygen atoms in total. The van der Waals surface area contributed by atoms with Crippen LogP contribution in [-0.4, -0.2) is 65.0 Å². The van der Waals surface area contributed by atoms with Crippen LogP contribution >= 0.6 is 0 Å². The Hall–Kier alpha value is -2.70. The van der Waals surface area contributed by atoms with Crippen molar-refractivity contribution in [3.63, 3.8) is 0 Å². The molecular formula is C20H26N6O. The van der Waals surface area contributed by atoms with Crippen molar-refractivity contribution in [3.05, 3.63) is 42.5 Å². The van der Waals surface area contributed by atoms with Gasteiger partial charge in [0.2, 0.25) is 0 Å². The molecule has 0 N–H and O–H groups in total. The van der Waals surface area contributed by atoms with E-state index in [2.05, 4.69) is 24.8 Å². The SMILES string of the molecule is O=C(c1cnc(N2CCCCCC2)cn1)N1CCN(c2ccccn2)CC1. The molecule has 7 heteroatoms. The van der Waals surface area contributed by atoms with Crippen LogP contribution in [0.5, 0.6) is 0 Å². The van der Waals surface area contributed by atoms with E-state index in [4.69, 9.17) is 0 Å². The molecular weight excluding hydrogens is 340 g/mol. The summed E-state index contributed by atoms with van der Waals surface area (Å²) in [4.78, 5) is 32.4. The highest BCUT2D eigenvalue weighted by Gasteiger charge is 2.24. The van der Waals surface area contributed by atoms with Crippen molar-refractivity contribution in [2.45, 2.75) is 25.7 Å². The van der Waals surface area contributed by atoms with Crippen LogP contribution in [0.2, 0.25) is 0 Å². The van der Waals surface area contributed by atoms with Gasteiger partial charge in [-0.1, -0.05) is 18.9 Å². The molecule has 2 aromatic rings. The molecule has 2 aliphatic heterocycles. The predicted octanol–water partition coefficient (Wildman–Crippen LogP) is 2.21. The summed E-state index contributed by atoms with van der Waals surface area (Å²) >= 11 is 0. The van der Waals surface area contributed by atoms with Crippen molar-refractivity contribution in [1.29, 1.82) is 0 Å². The lowest BCUT2D eigenvalue weighted by Crippen LogP contribution is -2.49. The third-order valence-electron chi connectivity index (χ3n) is 5.33. The van der Waals surface area contributed by atoms with E-state index in [0.29, 0.717) is 18.8 Å². The summed E-state index contributed by atoms with van der Waals surface area (Å²) in [6, 6.07) is 5.91. The average molecular weight is 366 g/mol. The van der Waals surface area contributed by atoms with Gasteiger partial charge in [0.05, 0.1) is 12.4 Å². The number of anilines is 2. The highest BCUT2D eigenvalue weighted by molar-refractivity contribution is 5.92. The lowest BCUT2D eigenvalue weighted by atomic mass is 10.2. The number of carbonyl (C=O) groups is 1. The zero-order valence-electron chi connectivity index (χ0n) is 15.6. The molecule has 0 unspecified atom stereocenters. The smallest absolute Gasteiger partial charge is 0.274 e. The monoisotopic (exact) mass is 366 g/mol. The van der Waals surface area contributed by atoms with E-state index >= 15 is 0 Å². The van der Waals surface area contributed by atoms with Crippen LogP contribution in [0, 0.1) is 0 Å². The zero-order chi connectivity index (χ0) is 18.5. The largest absolute Gasteiger partial charge is 0.355 e. The lowest BCUT2D eigenvalue weighted by molar-refractivity contribution is 0.0740. The van der Waals surface area contributed by atoms with E-state index in [0.717, 1.165) is 37.8 Å². The fraction of sp³-hybridized carbons (Fsp3) is 0.500. The van der Waals surface area contributed by atoms with Crippen LogP contribution in [0.15, 0.2) is 36.8 Å². The molecule has 1 amide bonds. The van der Waals surface area contributed by atoms with Crippen LogP contribution in [0.4, 0.5) is 11.6 Å². The van der Waals surface area contributed by atoms with Crippen molar-refractivity contribution < 1.29 is 4.79 Å². The summed E-state index contributed by atoms with van der Waals surface area (Å²) in [7, 11) is 0. The molecule has 4 rings (SSSR count). The molecule has 0 bridgehead atoms. The molecule has 142 valence electrons. The lowest BCUT2D eigenvalue weighted by Gasteiger charge is -2.35. The Labute approximate surface area is 160 Å². The van der Waals surface area contributed by atoms with Crippen LogP contribution in [0.25, 0.3) is 0 Å². The van der Waals surface area contributed by atoms with Gasteiger partial charge in [-0.3, -0.25) is 4.79 Å². The topological polar surface area (TPSA) is 65.5 Å². The van der Waals surface area contributed by atoms with E-state index in [1.54, 1.807) is 18.6 Å². The number of hydrogen-bond acceptors (Lipinski definition) is 6. The maximum Gasteiger partial charge on any atom is 0.274 e. The molecule has 2 fully saturated rings. The second kappa shape index (κ2) is 8.33. The molecule has 2 saturated heterocycles. The Morgan fingerprint density at radius 1 is 0.741 bits per heavy atom. The Morgan fingerprint density at radius 3 is 2.11 bits per heavy atom. The van der Waals surface area contributed by atoms with Gasteiger partial charge >= 0.3 is 0 Å². The van der Waals surface area contributed by atoms with Gasteiger partial charge in [0, 0.05) is 45.5 Å². The maximum absolute atomic E-state index is 12.8. The number of carbonyl (C=O) groups excluding carboxylic acids is 1. The number of nitrogens with zero attached hydrogens (tertiary/aromatic N) is 6. The first-order valence-electron chi connectivity index (χ1n) is 9.83. The second-order valence-corrected chi connectivity index (χ2v) is 7.13. The first-order valence-corrected chi connectivity index (χ1v) is 9.83. The first kappa shape index (κ1) is 17.7. The third-order valence-corrected chi connectivity index (χ3v) is 5.33. The van der Waals surface area contributed by atoms with Gasteiger partial charge in [0.25, 0.3) is 5.91 Å². The van der Waals surface area contributed by atoms with Crippen molar-refractivity contribution in [2.75, 3.05) is 49.1 Å². The molecule has 2 aliphatic rings. The minimum Gasteiger partial charge on any atom is -0.355 e. The molecule has 4 heterocycles. The van der Waals surface area contributed by atoms with Crippen molar-refractivity contribution in [3.8, 4) is 0 Å². The third kappa shape index (κ3) is 4.18. The van der Waals surface area contributed by atoms with Crippen molar-refractivity contribution in [1.82, 2.24) is 19.9 Å². The fourth-order valence-electron chi connectivity index (χ4n) is 3.74. The van der Waals surface area contributed by atoms with Crippen LogP contribution in [0.3, 0.4) is 0 Å². The van der Waals surface area contributed by atoms with E-state index in [1.165, 1.54) is 25.7 Å². The van der Waals surface area contributed by atoms with E-state index in [-0.39, 0.29) is 5.91 Å². The van der Waals surface area contributed by atoms with Crippen LogP contribution < -0.4 is 9.80 Å². The van der Waals surface area contributed by atoms with E-state index < -0.39 is 0 Å². The second-order valence-electron chi connectivity index (χ2n) is 7.13. The quantitative estimate of drug-likeness (QED) is 0.830. The number of hydrogen-bond donors (Lipinski definition) is 0. The Kier molecular flexibility index (Phi) is 5.46. The summed E-state index contributed by atoms with van der Waals surface area (Å²) in [5.41, 5.74) is 0.430. The Bertz CT molecular complexity index is 735. The Balaban J connectivity index is 1.36. The van der Waals surface area contributed by atoms with Crippen molar-refractivity contribution in [2.24, 2.45) is 0 Å². The standard InChI is InChI=1S/C20H26N6O/c27-20(26-13-11-25(12-14-26)18-7-3-4-8-21-18)17-15-23-19(16-22-17)24-9-5-1-2-6-10-24/h3-4,7-8,15-16H,1-2,5-6,9-14H2. The minimum atomic E-state index is -0.0365. The summed E-state index contributed by atoms with van der Waals surface area (Å²) < 4.78 is 0. The number of pyridine rings is 1. The van der Waals surface area contributed by atoms with E-state index in [1.807, 2.05) is 23.1 Å². The van der Waals surface area contributed by atoms with Gasteiger partial charge in [-0.2, -0.15) is 0 Å². The number of piperazine rings is 1. The molecule has 0 saturated carbocycles. The summed E-state index contributed by atoms with van der Waals surface area (Å²) in [5, 5.41) is 0. The van der Waals surface area contributed by atoms with Gasteiger partial charge in [0.15, 0.2) is 0 Å². The summed E-state index contributed by atoms with van der Waals surface area (Å²) in [6.07, 6.45) is 10.1. The van der Waals surface area contributed by atoms with Crippen LogP contribution in [0.1, 0.15) is 36.2 Å². The van der Waals surface area contributed by atoms with Gasteiger partial charge in [-0.15, -0.1) is 0 Å². The minimum absolute atomic E-state index is 0.0365. The number of rotatable bonds is 3. The van der Waals surface area contributed by atoms with Gasteiger partial charge in [-0.25, -0.2) is 15.0 Å². The van der Waals surface area contributed by atoms with Gasteiger partial charge in [-0.05, 0) is 25.0 Å². The molecule has 0 spiro atoms. The highest BCUT2D eigenvalue weighted by Crippen LogP contribution is 2.17. The number of amides is 1. The fourth-order valence-corrected chi connectivity index (χ4v) is 3.74. The first-order chi connectivity index (χ1) is 13.3. The normalized spacial score (nSPS) is 18.3. The molecule has 27 heavy (non-hydrogen) atoms. The Morgan fingerprint density at radius 2 is 1.48 bits per heavy atom. The maximum atomic E-state index is 12.8. The predicted molar refractivity (Wildman–Crippen MR) is 105 cm³/mol. The highest BCUT2D eigenvalue weighted by atomic mass is 16.2. The van der Waals surface area contributed by atoms with E-state index in [9.17, 15) is 4.79 Å². The number of aromatic nitrogens is 3. The zero-order valence-corrected chi connectivity index (χ0v) is 15.6. The molecule has 0 radical (unpaired) electrons. The molecule has 0 atom stereocenters. The average Bonchev–Trinajstić information content (AvgIpc) is 3.04. The molecule has 0 aliphatic carbocycles. The molecule has 2 aromatic heterocycles. The molecule has 0 aromatic carbocycles. The van der Waals surface area contributed by atoms with Crippen LogP contribution in [-0.2, 0) is 0 Å². The summed E-state index contributed by atoms with van der Waals surface area (Å²) in [6.45, 7) is 4.95. The summed E-state index contributed by atoms with van der Waals surface area (Å²) in [5.74, 6) is 1.81.